The number of carbonyl (C=O) groups is 1. The molecule has 1 amide bonds. The molecule has 0 bridgehead atoms. The number of nitrogens with one attached hydrogen (secondary N) is 1. The second-order valence-corrected chi connectivity index (χ2v) is 12.1. The maximum atomic E-state index is 14.3. The Bertz CT molecular complexity index is 1360. The van der Waals surface area contributed by atoms with E-state index in [0.717, 1.165) is 45.3 Å². The number of aliphatic hydroxyl groups excluding tert-OH is 1. The van der Waals surface area contributed by atoms with E-state index in [1.165, 1.54) is 0 Å². The average Bonchev–Trinajstić information content (AvgIpc) is 3.40. The molecule has 42 heavy (non-hydrogen) atoms. The van der Waals surface area contributed by atoms with E-state index in [4.69, 9.17) is 24.3 Å². The highest BCUT2D eigenvalue weighted by Gasteiger charge is 2.53. The molecular formula is C32H35Br2N3O5. The summed E-state index contributed by atoms with van der Waals surface area (Å²) in [5.41, 5.74) is 1.32. The molecule has 0 aromatic heterocycles. The van der Waals surface area contributed by atoms with Crippen molar-refractivity contribution in [3.05, 3.63) is 98.4 Å². The molecule has 0 unspecified atom stereocenters. The smallest absolute Gasteiger partial charge is 0.252 e. The first kappa shape index (κ1) is 30.7. The molecule has 222 valence electrons. The Kier molecular flexibility index (Phi) is 10.7. The Morgan fingerprint density at radius 3 is 2.50 bits per heavy atom. The van der Waals surface area contributed by atoms with Gasteiger partial charge in [-0.15, -0.1) is 0 Å². The lowest BCUT2D eigenvalue weighted by molar-refractivity contribution is -0.129. The summed E-state index contributed by atoms with van der Waals surface area (Å²) in [5, 5.41) is 12.2. The van der Waals surface area contributed by atoms with E-state index in [-0.39, 0.29) is 12.5 Å². The van der Waals surface area contributed by atoms with Gasteiger partial charge in [-0.3, -0.25) is 9.69 Å². The summed E-state index contributed by atoms with van der Waals surface area (Å²) in [4.78, 5) is 21.8. The van der Waals surface area contributed by atoms with Crippen molar-refractivity contribution >= 4 is 43.7 Å². The second-order valence-electron chi connectivity index (χ2n) is 10.3. The number of nitrogens with zero attached hydrogens (tertiary/aromatic N) is 2. The molecule has 2 heterocycles. The van der Waals surface area contributed by atoms with Gasteiger partial charge in [0.2, 0.25) is 5.90 Å². The lowest BCUT2D eigenvalue weighted by Crippen LogP contribution is -2.51. The Balaban J connectivity index is 1.49. The topological polar surface area (TPSA) is 92.6 Å². The Labute approximate surface area is 263 Å². The summed E-state index contributed by atoms with van der Waals surface area (Å²) in [6.45, 7) is 4.85. The molecule has 1 fully saturated rings. The van der Waals surface area contributed by atoms with Crippen LogP contribution in [0.15, 0.2) is 86.7 Å². The van der Waals surface area contributed by atoms with Crippen molar-refractivity contribution in [2.45, 2.75) is 24.5 Å². The minimum Gasteiger partial charge on any atom is -0.494 e. The number of carbonyl (C=O) groups excluding carboxylic acids is 1. The van der Waals surface area contributed by atoms with Crippen LogP contribution in [0.5, 0.6) is 5.75 Å². The molecule has 2 aliphatic heterocycles. The minimum atomic E-state index is -1.26. The van der Waals surface area contributed by atoms with Crippen LogP contribution in [0.4, 0.5) is 0 Å². The Morgan fingerprint density at radius 1 is 1.05 bits per heavy atom. The molecule has 0 radical (unpaired) electrons. The Hall–Kier alpha value is -2.76. The molecule has 0 aliphatic carbocycles. The van der Waals surface area contributed by atoms with Crippen LogP contribution < -0.4 is 10.1 Å². The first-order valence-electron chi connectivity index (χ1n) is 14.2. The molecule has 5 rings (SSSR count). The molecule has 0 spiro atoms. The zero-order chi connectivity index (χ0) is 29.4. The van der Waals surface area contributed by atoms with Crippen LogP contribution in [0.2, 0.25) is 0 Å². The van der Waals surface area contributed by atoms with E-state index in [1.807, 2.05) is 72.8 Å². The third-order valence-electron chi connectivity index (χ3n) is 7.44. The van der Waals surface area contributed by atoms with Crippen molar-refractivity contribution in [3.63, 3.8) is 0 Å². The van der Waals surface area contributed by atoms with Gasteiger partial charge >= 0.3 is 0 Å². The van der Waals surface area contributed by atoms with Gasteiger partial charge in [0.15, 0.2) is 11.6 Å². The van der Waals surface area contributed by atoms with Gasteiger partial charge in [-0.1, -0.05) is 62.2 Å². The normalized spacial score (nSPS) is 20.5. The first-order chi connectivity index (χ1) is 20.5. The lowest BCUT2D eigenvalue weighted by atomic mass is 9.82. The monoisotopic (exact) mass is 699 g/mol. The van der Waals surface area contributed by atoms with Crippen LogP contribution >= 0.6 is 31.9 Å². The molecule has 2 atom stereocenters. The molecule has 2 aliphatic rings. The fourth-order valence-electron chi connectivity index (χ4n) is 5.16. The van der Waals surface area contributed by atoms with Crippen LogP contribution in [0.1, 0.15) is 29.2 Å². The van der Waals surface area contributed by atoms with Gasteiger partial charge < -0.3 is 24.6 Å². The molecule has 3 aromatic rings. The highest BCUT2D eigenvalue weighted by atomic mass is 79.9. The first-order valence-corrected chi connectivity index (χ1v) is 15.7. The second kappa shape index (κ2) is 14.6. The quantitative estimate of drug-likeness (QED) is 0.261. The van der Waals surface area contributed by atoms with E-state index in [9.17, 15) is 4.79 Å². The summed E-state index contributed by atoms with van der Waals surface area (Å²) in [6.07, 6.45) is 0.242. The van der Waals surface area contributed by atoms with E-state index in [1.54, 1.807) is 0 Å². The number of aliphatic hydroxyl groups is 1. The van der Waals surface area contributed by atoms with Crippen molar-refractivity contribution in [1.29, 1.82) is 0 Å². The van der Waals surface area contributed by atoms with Crippen LogP contribution in [0, 0.1) is 0 Å². The summed E-state index contributed by atoms with van der Waals surface area (Å²) >= 11 is 7.22. The molecule has 1 saturated heterocycles. The van der Waals surface area contributed by atoms with Crippen molar-refractivity contribution in [1.82, 2.24) is 10.2 Å². The predicted octanol–water partition coefficient (Wildman–Crippen LogP) is 4.92. The van der Waals surface area contributed by atoms with Crippen LogP contribution in [0.25, 0.3) is 0 Å². The standard InChI is InChI=1S/C32H35Br2N3O5/c33-26-10-6-23(7-11-26)29-32(22-25-4-1-2-5-28(25)34,31(39)35-14-15-37-16-20-40-21-17-37)36-30(42-29)24-8-12-27(13-9-24)41-19-3-18-38/h1-2,4-13,29,38H,3,14-22H2,(H,35,39)/t29-,32-/m1/s1. The zero-order valence-corrected chi connectivity index (χ0v) is 26.5. The maximum absolute atomic E-state index is 14.3. The number of aliphatic imine (C=N–C) groups is 1. The summed E-state index contributed by atoms with van der Waals surface area (Å²) in [6, 6.07) is 23.2. The number of amides is 1. The van der Waals surface area contributed by atoms with Gasteiger partial charge in [0.05, 0.1) is 19.8 Å². The van der Waals surface area contributed by atoms with Crippen LogP contribution in [0.3, 0.4) is 0 Å². The van der Waals surface area contributed by atoms with Crippen molar-refractivity contribution in [3.8, 4) is 5.75 Å². The number of halogens is 2. The number of hydrogen-bond donors (Lipinski definition) is 2. The van der Waals surface area contributed by atoms with Gasteiger partial charge in [0.25, 0.3) is 5.91 Å². The number of rotatable bonds is 12. The Morgan fingerprint density at radius 2 is 1.79 bits per heavy atom. The van der Waals surface area contributed by atoms with Gasteiger partial charge in [0.1, 0.15) is 5.75 Å². The molecule has 0 saturated carbocycles. The number of morpholine rings is 1. The van der Waals surface area contributed by atoms with Gasteiger partial charge in [-0.2, -0.15) is 0 Å². The number of ether oxygens (including phenoxy) is 3. The summed E-state index contributed by atoms with van der Waals surface area (Å²) in [5.74, 6) is 0.911. The zero-order valence-electron chi connectivity index (χ0n) is 23.3. The highest BCUT2D eigenvalue weighted by molar-refractivity contribution is 9.10. The molecule has 2 N–H and O–H groups in total. The van der Waals surface area contributed by atoms with Gasteiger partial charge in [-0.25, -0.2) is 4.99 Å². The third kappa shape index (κ3) is 7.41. The van der Waals surface area contributed by atoms with Crippen molar-refractivity contribution < 1.29 is 24.1 Å². The van der Waals surface area contributed by atoms with Gasteiger partial charge in [-0.05, 0) is 53.6 Å². The predicted molar refractivity (Wildman–Crippen MR) is 169 cm³/mol. The van der Waals surface area contributed by atoms with E-state index < -0.39 is 11.6 Å². The van der Waals surface area contributed by atoms with E-state index in [0.29, 0.717) is 50.9 Å². The van der Waals surface area contributed by atoms with Crippen LogP contribution in [-0.4, -0.2) is 80.0 Å². The van der Waals surface area contributed by atoms with Crippen LogP contribution in [-0.2, 0) is 20.7 Å². The summed E-state index contributed by atoms with van der Waals surface area (Å²) in [7, 11) is 0. The SMILES string of the molecule is O=C(NCCN1CCOCC1)[C@]1(Cc2ccccc2Br)N=C(c2ccc(OCCCO)cc2)O[C@@H]1c1ccc(Br)cc1. The van der Waals surface area contributed by atoms with Gasteiger partial charge in [0, 0.05) is 60.1 Å². The van der Waals surface area contributed by atoms with E-state index >= 15 is 0 Å². The number of benzene rings is 3. The fraction of sp³-hybridized carbons (Fsp3) is 0.375. The lowest BCUT2D eigenvalue weighted by Gasteiger charge is -2.32. The molecule has 3 aromatic carbocycles. The van der Waals surface area contributed by atoms with Crippen molar-refractivity contribution in [2.75, 3.05) is 52.6 Å². The third-order valence-corrected chi connectivity index (χ3v) is 8.74. The largest absolute Gasteiger partial charge is 0.494 e. The molecule has 10 heteroatoms. The van der Waals surface area contributed by atoms with Crippen molar-refractivity contribution in [2.24, 2.45) is 4.99 Å². The highest BCUT2D eigenvalue weighted by Crippen LogP contribution is 2.43. The van der Waals surface area contributed by atoms with E-state index in [2.05, 4.69) is 42.1 Å². The molecular weight excluding hydrogens is 666 g/mol. The fourth-order valence-corrected chi connectivity index (χ4v) is 5.85. The summed E-state index contributed by atoms with van der Waals surface area (Å²) < 4.78 is 19.6. The maximum Gasteiger partial charge on any atom is 0.252 e. The average molecular weight is 701 g/mol. The number of hydrogen-bond acceptors (Lipinski definition) is 7. The minimum absolute atomic E-state index is 0.0777. The molecule has 8 nitrogen and oxygen atoms in total.